The Morgan fingerprint density at radius 3 is 1.85 bits per heavy atom. The van der Waals surface area contributed by atoms with Gasteiger partial charge in [-0.2, -0.15) is 0 Å². The predicted octanol–water partition coefficient (Wildman–Crippen LogP) is 3.37. The fraction of sp³-hybridized carbons (Fsp3) is 0.250. The monoisotopic (exact) mass is 295 g/mol. The number of hydrogen-bond donors (Lipinski definition) is 1. The molecule has 0 aliphatic heterocycles. The van der Waals surface area contributed by atoms with Crippen LogP contribution in [0.2, 0.25) is 0 Å². The van der Waals surface area contributed by atoms with Gasteiger partial charge in [-0.25, -0.2) is 4.39 Å². The molecule has 0 saturated heterocycles. The van der Waals surface area contributed by atoms with Crippen LogP contribution in [0.5, 0.6) is 5.75 Å². The van der Waals surface area contributed by atoms with E-state index in [2.05, 4.69) is 0 Å². The van der Waals surface area contributed by atoms with Gasteiger partial charge in [0.15, 0.2) is 0 Å². The molecular formula is C16H19ClFNO. The third-order valence-corrected chi connectivity index (χ3v) is 3.07. The Kier molecular flexibility index (Phi) is 6.49. The summed E-state index contributed by atoms with van der Waals surface area (Å²) >= 11 is 0. The maximum atomic E-state index is 12.8. The Morgan fingerprint density at radius 1 is 0.950 bits per heavy atom. The van der Waals surface area contributed by atoms with Crippen molar-refractivity contribution in [2.45, 2.75) is 18.9 Å². The first-order valence-electron chi connectivity index (χ1n) is 6.30. The van der Waals surface area contributed by atoms with Gasteiger partial charge in [-0.15, -0.1) is 12.4 Å². The van der Waals surface area contributed by atoms with Gasteiger partial charge in [-0.3, -0.25) is 0 Å². The second-order valence-corrected chi connectivity index (χ2v) is 4.64. The minimum Gasteiger partial charge on any atom is -0.497 e. The normalized spacial score (nSPS) is 11.6. The average molecular weight is 296 g/mol. The van der Waals surface area contributed by atoms with E-state index >= 15 is 0 Å². The SMILES string of the molecule is COc1ccc(CC(N)Cc2ccc(F)cc2)cc1.Cl. The summed E-state index contributed by atoms with van der Waals surface area (Å²) in [4.78, 5) is 0. The maximum absolute atomic E-state index is 12.8. The molecule has 2 rings (SSSR count). The van der Waals surface area contributed by atoms with Crippen molar-refractivity contribution in [2.24, 2.45) is 5.73 Å². The molecule has 1 unspecified atom stereocenters. The molecule has 0 bridgehead atoms. The van der Waals surface area contributed by atoms with Crippen LogP contribution in [0.1, 0.15) is 11.1 Å². The molecule has 0 fully saturated rings. The largest absolute Gasteiger partial charge is 0.497 e. The molecule has 0 heterocycles. The Balaban J connectivity index is 0.00000200. The Labute approximate surface area is 125 Å². The highest BCUT2D eigenvalue weighted by Crippen LogP contribution is 2.14. The van der Waals surface area contributed by atoms with Gasteiger partial charge in [0, 0.05) is 6.04 Å². The van der Waals surface area contributed by atoms with E-state index in [4.69, 9.17) is 10.5 Å². The molecule has 0 saturated carbocycles. The van der Waals surface area contributed by atoms with Gasteiger partial charge in [0.05, 0.1) is 7.11 Å². The summed E-state index contributed by atoms with van der Waals surface area (Å²) in [6.07, 6.45) is 1.54. The maximum Gasteiger partial charge on any atom is 0.123 e. The Bertz CT molecular complexity index is 513. The van der Waals surface area contributed by atoms with Crippen molar-refractivity contribution in [3.05, 3.63) is 65.5 Å². The molecule has 0 aliphatic rings. The number of methoxy groups -OCH3 is 1. The number of benzene rings is 2. The van der Waals surface area contributed by atoms with Crippen LogP contribution in [-0.4, -0.2) is 13.2 Å². The summed E-state index contributed by atoms with van der Waals surface area (Å²) < 4.78 is 17.9. The van der Waals surface area contributed by atoms with E-state index in [9.17, 15) is 4.39 Å². The van der Waals surface area contributed by atoms with Crippen LogP contribution in [-0.2, 0) is 12.8 Å². The highest BCUT2D eigenvalue weighted by molar-refractivity contribution is 5.85. The third kappa shape index (κ3) is 4.83. The molecule has 0 radical (unpaired) electrons. The van der Waals surface area contributed by atoms with E-state index in [0.29, 0.717) is 0 Å². The zero-order chi connectivity index (χ0) is 13.7. The highest BCUT2D eigenvalue weighted by atomic mass is 35.5. The molecule has 0 amide bonds. The topological polar surface area (TPSA) is 35.2 Å². The van der Waals surface area contributed by atoms with Gasteiger partial charge in [0.1, 0.15) is 11.6 Å². The van der Waals surface area contributed by atoms with Crippen molar-refractivity contribution in [3.63, 3.8) is 0 Å². The quantitative estimate of drug-likeness (QED) is 0.918. The zero-order valence-corrected chi connectivity index (χ0v) is 12.2. The molecule has 4 heteroatoms. The van der Waals surface area contributed by atoms with E-state index in [1.165, 1.54) is 17.7 Å². The van der Waals surface area contributed by atoms with Gasteiger partial charge >= 0.3 is 0 Å². The number of halogens is 2. The molecule has 2 aromatic carbocycles. The van der Waals surface area contributed by atoms with Crippen molar-refractivity contribution in [1.29, 1.82) is 0 Å². The van der Waals surface area contributed by atoms with Crippen LogP contribution in [0, 0.1) is 5.82 Å². The molecule has 0 aliphatic carbocycles. The standard InChI is InChI=1S/C16H18FNO.ClH/c1-19-16-8-4-13(5-9-16)11-15(18)10-12-2-6-14(17)7-3-12;/h2-9,15H,10-11,18H2,1H3;1H. The molecule has 0 aromatic heterocycles. The lowest BCUT2D eigenvalue weighted by atomic mass is 10.00. The fourth-order valence-electron chi connectivity index (χ4n) is 2.06. The van der Waals surface area contributed by atoms with Crippen LogP contribution in [0.25, 0.3) is 0 Å². The molecule has 20 heavy (non-hydrogen) atoms. The molecule has 2 aromatic rings. The predicted molar refractivity (Wildman–Crippen MR) is 82.0 cm³/mol. The highest BCUT2D eigenvalue weighted by Gasteiger charge is 2.06. The lowest BCUT2D eigenvalue weighted by Gasteiger charge is -2.12. The second-order valence-electron chi connectivity index (χ2n) is 4.64. The van der Waals surface area contributed by atoms with Crippen LogP contribution in [0.15, 0.2) is 48.5 Å². The molecule has 2 nitrogen and oxygen atoms in total. The molecular weight excluding hydrogens is 277 g/mol. The van der Waals surface area contributed by atoms with Crippen LogP contribution in [0.4, 0.5) is 4.39 Å². The van der Waals surface area contributed by atoms with E-state index in [1.54, 1.807) is 19.2 Å². The molecule has 0 spiro atoms. The van der Waals surface area contributed by atoms with E-state index in [1.807, 2.05) is 24.3 Å². The van der Waals surface area contributed by atoms with Crippen molar-refractivity contribution >= 4 is 12.4 Å². The van der Waals surface area contributed by atoms with Crippen LogP contribution in [0.3, 0.4) is 0 Å². The van der Waals surface area contributed by atoms with E-state index in [-0.39, 0.29) is 24.3 Å². The fourth-order valence-corrected chi connectivity index (χ4v) is 2.06. The first-order chi connectivity index (χ1) is 9.17. The van der Waals surface area contributed by atoms with Gasteiger partial charge < -0.3 is 10.5 Å². The van der Waals surface area contributed by atoms with E-state index < -0.39 is 0 Å². The lowest BCUT2D eigenvalue weighted by molar-refractivity contribution is 0.414. The van der Waals surface area contributed by atoms with Gasteiger partial charge in [-0.1, -0.05) is 24.3 Å². The lowest BCUT2D eigenvalue weighted by Crippen LogP contribution is -2.25. The summed E-state index contributed by atoms with van der Waals surface area (Å²) in [6.45, 7) is 0. The summed E-state index contributed by atoms with van der Waals surface area (Å²) in [5.74, 6) is 0.628. The first-order valence-corrected chi connectivity index (χ1v) is 6.30. The van der Waals surface area contributed by atoms with E-state index in [0.717, 1.165) is 24.2 Å². The van der Waals surface area contributed by atoms with Crippen molar-refractivity contribution < 1.29 is 9.13 Å². The van der Waals surface area contributed by atoms with Crippen LogP contribution >= 0.6 is 12.4 Å². The van der Waals surface area contributed by atoms with Gasteiger partial charge in [0.2, 0.25) is 0 Å². The summed E-state index contributed by atoms with van der Waals surface area (Å²) in [5.41, 5.74) is 8.36. The Hall–Kier alpha value is -1.58. The van der Waals surface area contributed by atoms with Crippen molar-refractivity contribution in [3.8, 4) is 5.75 Å². The molecule has 108 valence electrons. The second kappa shape index (κ2) is 7.88. The first kappa shape index (κ1) is 16.5. The zero-order valence-electron chi connectivity index (χ0n) is 11.4. The smallest absolute Gasteiger partial charge is 0.123 e. The summed E-state index contributed by atoms with van der Waals surface area (Å²) in [7, 11) is 1.65. The minimum absolute atomic E-state index is 0. The molecule has 1 atom stereocenters. The summed E-state index contributed by atoms with van der Waals surface area (Å²) in [6, 6.07) is 14.4. The van der Waals surface area contributed by atoms with Crippen molar-refractivity contribution in [2.75, 3.05) is 7.11 Å². The molecule has 2 N–H and O–H groups in total. The number of rotatable bonds is 5. The number of hydrogen-bond acceptors (Lipinski definition) is 2. The minimum atomic E-state index is -0.215. The third-order valence-electron chi connectivity index (χ3n) is 3.07. The summed E-state index contributed by atoms with van der Waals surface area (Å²) in [5, 5.41) is 0. The van der Waals surface area contributed by atoms with Gasteiger partial charge in [-0.05, 0) is 48.2 Å². The Morgan fingerprint density at radius 2 is 1.40 bits per heavy atom. The average Bonchev–Trinajstić information content (AvgIpc) is 2.42. The van der Waals surface area contributed by atoms with Crippen LogP contribution < -0.4 is 10.5 Å². The number of ether oxygens (including phenoxy) is 1. The van der Waals surface area contributed by atoms with Crippen molar-refractivity contribution in [1.82, 2.24) is 0 Å². The number of nitrogens with two attached hydrogens (primary N) is 1. The van der Waals surface area contributed by atoms with Gasteiger partial charge in [0.25, 0.3) is 0 Å².